The van der Waals surface area contributed by atoms with Gasteiger partial charge in [-0.05, 0) is 50.8 Å². The van der Waals surface area contributed by atoms with Crippen LogP contribution in [-0.2, 0) is 6.54 Å². The van der Waals surface area contributed by atoms with Crippen LogP contribution in [0.1, 0.15) is 21.5 Å². The molecule has 23 heavy (non-hydrogen) atoms. The molecule has 4 nitrogen and oxygen atoms in total. The normalized spacial score (nSPS) is 10.6. The summed E-state index contributed by atoms with van der Waals surface area (Å²) in [5, 5.41) is 6.33. The summed E-state index contributed by atoms with van der Waals surface area (Å²) >= 11 is 0. The molecule has 2 rings (SSSR count). The topological polar surface area (TPSA) is 44.4 Å². The van der Waals surface area contributed by atoms with Crippen LogP contribution in [0.5, 0.6) is 0 Å². The van der Waals surface area contributed by atoms with E-state index in [-0.39, 0.29) is 5.91 Å². The largest absolute Gasteiger partial charge is 0.384 e. The second-order valence-electron chi connectivity index (χ2n) is 5.98. The van der Waals surface area contributed by atoms with Gasteiger partial charge in [-0.15, -0.1) is 0 Å². The minimum Gasteiger partial charge on any atom is -0.384 e. The Bertz CT molecular complexity index is 635. The summed E-state index contributed by atoms with van der Waals surface area (Å²) in [4.78, 5) is 14.3. The molecule has 2 N–H and O–H groups in total. The predicted octanol–water partition coefficient (Wildman–Crippen LogP) is 2.90. The number of carbonyl (C=O) groups excluding carboxylic acids is 1. The van der Waals surface area contributed by atoms with Gasteiger partial charge in [0.15, 0.2) is 0 Å². The van der Waals surface area contributed by atoms with Crippen molar-refractivity contribution in [2.45, 2.75) is 13.5 Å². The van der Waals surface area contributed by atoms with E-state index in [1.54, 1.807) is 0 Å². The highest BCUT2D eigenvalue weighted by molar-refractivity contribution is 5.94. The van der Waals surface area contributed by atoms with Crippen molar-refractivity contribution in [3.8, 4) is 0 Å². The summed E-state index contributed by atoms with van der Waals surface area (Å²) in [6, 6.07) is 15.8. The second kappa shape index (κ2) is 8.34. The molecule has 0 saturated heterocycles. The van der Waals surface area contributed by atoms with Crippen LogP contribution in [0.15, 0.2) is 48.5 Å². The number of amides is 1. The first-order valence-corrected chi connectivity index (χ1v) is 7.87. The van der Waals surface area contributed by atoms with Gasteiger partial charge in [-0.1, -0.05) is 29.8 Å². The molecule has 4 heteroatoms. The van der Waals surface area contributed by atoms with Gasteiger partial charge in [0, 0.05) is 30.9 Å². The van der Waals surface area contributed by atoms with Gasteiger partial charge in [0.25, 0.3) is 5.91 Å². The number of likely N-dealkylation sites (N-methyl/N-ethyl adjacent to an activating group) is 1. The van der Waals surface area contributed by atoms with E-state index in [0.29, 0.717) is 12.1 Å². The van der Waals surface area contributed by atoms with Gasteiger partial charge in [-0.3, -0.25) is 4.79 Å². The first kappa shape index (κ1) is 17.0. The Kier molecular flexibility index (Phi) is 6.18. The zero-order valence-electron chi connectivity index (χ0n) is 14.1. The lowest BCUT2D eigenvalue weighted by Gasteiger charge is -2.12. The van der Waals surface area contributed by atoms with Crippen molar-refractivity contribution in [3.05, 3.63) is 65.2 Å². The van der Waals surface area contributed by atoms with Crippen LogP contribution in [0.4, 0.5) is 5.69 Å². The maximum Gasteiger partial charge on any atom is 0.251 e. The van der Waals surface area contributed by atoms with E-state index in [1.165, 1.54) is 0 Å². The summed E-state index contributed by atoms with van der Waals surface area (Å²) in [6.45, 7) is 4.42. The Labute approximate surface area is 138 Å². The number of nitrogens with zero attached hydrogens (tertiary/aromatic N) is 1. The third kappa shape index (κ3) is 5.75. The fourth-order valence-corrected chi connectivity index (χ4v) is 2.23. The molecule has 122 valence electrons. The van der Waals surface area contributed by atoms with Crippen molar-refractivity contribution < 1.29 is 4.79 Å². The van der Waals surface area contributed by atoms with Gasteiger partial charge in [0.2, 0.25) is 0 Å². The van der Waals surface area contributed by atoms with Crippen molar-refractivity contribution in [1.82, 2.24) is 10.2 Å². The van der Waals surface area contributed by atoms with Crippen molar-refractivity contribution in [2.24, 2.45) is 0 Å². The van der Waals surface area contributed by atoms with E-state index in [9.17, 15) is 4.79 Å². The Morgan fingerprint density at radius 1 is 1.09 bits per heavy atom. The fraction of sp³-hybridized carbons (Fsp3) is 0.316. The van der Waals surface area contributed by atoms with E-state index in [4.69, 9.17) is 0 Å². The highest BCUT2D eigenvalue weighted by atomic mass is 16.1. The van der Waals surface area contributed by atoms with E-state index >= 15 is 0 Å². The molecule has 0 radical (unpaired) electrons. The SMILES string of the molecule is Cc1cccc(C(=O)NCc2ccc(NCCN(C)C)cc2)c1. The molecule has 0 aliphatic rings. The van der Waals surface area contributed by atoms with Gasteiger partial charge < -0.3 is 15.5 Å². The molecule has 0 bridgehead atoms. The molecule has 0 fully saturated rings. The standard InChI is InChI=1S/C19H25N3O/c1-15-5-4-6-17(13-15)19(23)21-14-16-7-9-18(10-8-16)20-11-12-22(2)3/h4-10,13,20H,11-12,14H2,1-3H3,(H,21,23). The molecule has 2 aromatic rings. The molecule has 0 unspecified atom stereocenters. The van der Waals surface area contributed by atoms with E-state index in [2.05, 4.69) is 29.6 Å². The predicted molar refractivity (Wildman–Crippen MR) is 95.8 cm³/mol. The average molecular weight is 311 g/mol. The molecule has 2 aromatic carbocycles. The number of hydrogen-bond acceptors (Lipinski definition) is 3. The van der Waals surface area contributed by atoms with Gasteiger partial charge in [-0.2, -0.15) is 0 Å². The molecule has 0 aliphatic heterocycles. The van der Waals surface area contributed by atoms with Gasteiger partial charge in [-0.25, -0.2) is 0 Å². The smallest absolute Gasteiger partial charge is 0.251 e. The first-order chi connectivity index (χ1) is 11.0. The number of aryl methyl sites for hydroxylation is 1. The molecular formula is C19H25N3O. The lowest BCUT2D eigenvalue weighted by atomic mass is 10.1. The fourth-order valence-electron chi connectivity index (χ4n) is 2.23. The number of anilines is 1. The number of benzene rings is 2. The lowest BCUT2D eigenvalue weighted by molar-refractivity contribution is 0.0951. The maximum absolute atomic E-state index is 12.1. The molecular weight excluding hydrogens is 286 g/mol. The Balaban J connectivity index is 1.83. The van der Waals surface area contributed by atoms with Crippen LogP contribution >= 0.6 is 0 Å². The van der Waals surface area contributed by atoms with Gasteiger partial charge >= 0.3 is 0 Å². The zero-order chi connectivity index (χ0) is 16.7. The third-order valence-electron chi connectivity index (χ3n) is 3.58. The van der Waals surface area contributed by atoms with Crippen LogP contribution in [0.2, 0.25) is 0 Å². The monoisotopic (exact) mass is 311 g/mol. The highest BCUT2D eigenvalue weighted by Crippen LogP contribution is 2.10. The maximum atomic E-state index is 12.1. The lowest BCUT2D eigenvalue weighted by Crippen LogP contribution is -2.23. The summed E-state index contributed by atoms with van der Waals surface area (Å²) in [6.07, 6.45) is 0. The van der Waals surface area contributed by atoms with Crippen molar-refractivity contribution in [3.63, 3.8) is 0 Å². The van der Waals surface area contributed by atoms with Crippen LogP contribution in [0.25, 0.3) is 0 Å². The van der Waals surface area contributed by atoms with E-state index in [1.807, 2.05) is 55.5 Å². The van der Waals surface area contributed by atoms with Crippen LogP contribution in [0, 0.1) is 6.92 Å². The summed E-state index contributed by atoms with van der Waals surface area (Å²) < 4.78 is 0. The minimum absolute atomic E-state index is 0.0399. The third-order valence-corrected chi connectivity index (χ3v) is 3.58. The van der Waals surface area contributed by atoms with Crippen molar-refractivity contribution in [1.29, 1.82) is 0 Å². The summed E-state index contributed by atoms with van der Waals surface area (Å²) in [5.74, 6) is -0.0399. The molecule has 0 aromatic heterocycles. The second-order valence-corrected chi connectivity index (χ2v) is 5.98. The average Bonchev–Trinajstić information content (AvgIpc) is 2.53. The summed E-state index contributed by atoms with van der Waals surface area (Å²) in [7, 11) is 4.11. The highest BCUT2D eigenvalue weighted by Gasteiger charge is 2.05. The Morgan fingerprint density at radius 2 is 1.83 bits per heavy atom. The van der Waals surface area contributed by atoms with Gasteiger partial charge in [0.05, 0.1) is 0 Å². The Hall–Kier alpha value is -2.33. The van der Waals surface area contributed by atoms with Crippen molar-refractivity contribution in [2.75, 3.05) is 32.5 Å². The molecule has 0 heterocycles. The Morgan fingerprint density at radius 3 is 2.48 bits per heavy atom. The number of rotatable bonds is 7. The van der Waals surface area contributed by atoms with Crippen molar-refractivity contribution >= 4 is 11.6 Å². The number of nitrogens with one attached hydrogen (secondary N) is 2. The quantitative estimate of drug-likeness (QED) is 0.826. The van der Waals surface area contributed by atoms with Crippen LogP contribution < -0.4 is 10.6 Å². The molecule has 0 aliphatic carbocycles. The minimum atomic E-state index is -0.0399. The summed E-state index contributed by atoms with van der Waals surface area (Å²) in [5.41, 5.74) is 3.97. The number of hydrogen-bond donors (Lipinski definition) is 2. The molecule has 1 amide bonds. The van der Waals surface area contributed by atoms with Crippen LogP contribution in [-0.4, -0.2) is 38.0 Å². The zero-order valence-corrected chi connectivity index (χ0v) is 14.1. The first-order valence-electron chi connectivity index (χ1n) is 7.87. The van der Waals surface area contributed by atoms with E-state index in [0.717, 1.165) is 29.9 Å². The molecule has 0 spiro atoms. The number of carbonyl (C=O) groups is 1. The van der Waals surface area contributed by atoms with Gasteiger partial charge in [0.1, 0.15) is 0 Å². The van der Waals surface area contributed by atoms with E-state index < -0.39 is 0 Å². The van der Waals surface area contributed by atoms with Crippen LogP contribution in [0.3, 0.4) is 0 Å². The molecule has 0 atom stereocenters. The molecule has 0 saturated carbocycles.